The first-order valence-corrected chi connectivity index (χ1v) is 9.74. The van der Waals surface area contributed by atoms with E-state index in [-0.39, 0.29) is 17.7 Å². The molecule has 26 heavy (non-hydrogen) atoms. The number of ketones is 1. The Labute approximate surface area is 157 Å². The lowest BCUT2D eigenvalue weighted by molar-refractivity contribution is -0.124. The molecule has 1 amide bonds. The Balaban J connectivity index is 1.85. The van der Waals surface area contributed by atoms with Crippen molar-refractivity contribution in [1.29, 1.82) is 0 Å². The molecule has 0 fully saturated rings. The summed E-state index contributed by atoms with van der Waals surface area (Å²) in [5, 5.41) is 6.93. The van der Waals surface area contributed by atoms with E-state index in [0.29, 0.717) is 18.5 Å². The van der Waals surface area contributed by atoms with Crippen molar-refractivity contribution < 1.29 is 9.59 Å². The van der Waals surface area contributed by atoms with Crippen LogP contribution in [0, 0.1) is 0 Å². The number of benzene rings is 1. The third kappa shape index (κ3) is 3.55. The maximum atomic E-state index is 12.8. The van der Waals surface area contributed by atoms with Gasteiger partial charge >= 0.3 is 0 Å². The maximum Gasteiger partial charge on any atom is 0.243 e. The molecule has 5 nitrogen and oxygen atoms in total. The normalized spacial score (nSPS) is 12.3. The van der Waals surface area contributed by atoms with Crippen molar-refractivity contribution in [2.45, 2.75) is 46.2 Å². The Kier molecular flexibility index (Phi) is 5.52. The lowest BCUT2D eigenvalue weighted by Crippen LogP contribution is -2.31. The Bertz CT molecular complexity index is 942. The molecule has 0 saturated carbocycles. The van der Waals surface area contributed by atoms with Crippen molar-refractivity contribution in [3.63, 3.8) is 0 Å². The number of hydrogen-bond acceptors (Lipinski definition) is 4. The topological polar surface area (TPSA) is 64.0 Å². The molecule has 3 rings (SSSR count). The maximum absolute atomic E-state index is 12.8. The largest absolute Gasteiger partial charge is 0.349 e. The molecule has 0 aliphatic carbocycles. The summed E-state index contributed by atoms with van der Waals surface area (Å²) in [6.45, 7) is 6.02. The van der Waals surface area contributed by atoms with Crippen LogP contribution in [0.1, 0.15) is 54.3 Å². The Morgan fingerprint density at radius 3 is 2.69 bits per heavy atom. The summed E-state index contributed by atoms with van der Waals surface area (Å²) in [7, 11) is 0. The zero-order valence-electron chi connectivity index (χ0n) is 15.3. The highest BCUT2D eigenvalue weighted by atomic mass is 32.1. The number of hydrogen-bond donors (Lipinski definition) is 1. The van der Waals surface area contributed by atoms with Crippen LogP contribution >= 0.6 is 11.3 Å². The van der Waals surface area contributed by atoms with Gasteiger partial charge in [0.05, 0.1) is 17.2 Å². The number of amides is 1. The molecule has 1 N–H and O–H groups in total. The second kappa shape index (κ2) is 7.83. The summed E-state index contributed by atoms with van der Waals surface area (Å²) < 4.78 is 1.92. The van der Waals surface area contributed by atoms with Gasteiger partial charge in [-0.25, -0.2) is 4.98 Å². The van der Waals surface area contributed by atoms with Crippen molar-refractivity contribution in [3.8, 4) is 0 Å². The van der Waals surface area contributed by atoms with E-state index in [0.717, 1.165) is 28.0 Å². The van der Waals surface area contributed by atoms with E-state index in [4.69, 9.17) is 0 Å². The minimum Gasteiger partial charge on any atom is -0.349 e. The van der Waals surface area contributed by atoms with Gasteiger partial charge in [0.1, 0.15) is 6.04 Å². The second-order valence-corrected chi connectivity index (χ2v) is 7.19. The zero-order valence-corrected chi connectivity index (χ0v) is 16.1. The smallest absolute Gasteiger partial charge is 0.243 e. The number of aryl methyl sites for hydroxylation is 1. The van der Waals surface area contributed by atoms with Crippen molar-refractivity contribution in [1.82, 2.24) is 14.9 Å². The van der Waals surface area contributed by atoms with Crippen LogP contribution in [0.15, 0.2) is 35.8 Å². The average molecular weight is 369 g/mol. The molecule has 0 aliphatic rings. The zero-order chi connectivity index (χ0) is 18.7. The monoisotopic (exact) mass is 369 g/mol. The van der Waals surface area contributed by atoms with Gasteiger partial charge in [-0.2, -0.15) is 0 Å². The fourth-order valence-electron chi connectivity index (χ4n) is 3.14. The van der Waals surface area contributed by atoms with Crippen molar-refractivity contribution >= 4 is 33.9 Å². The predicted octanol–water partition coefficient (Wildman–Crippen LogP) is 4.13. The second-order valence-electron chi connectivity index (χ2n) is 6.25. The van der Waals surface area contributed by atoms with Gasteiger partial charge in [-0.05, 0) is 25.8 Å². The van der Waals surface area contributed by atoms with Crippen molar-refractivity contribution in [2.24, 2.45) is 0 Å². The lowest BCUT2D eigenvalue weighted by atomic mass is 10.1. The van der Waals surface area contributed by atoms with Gasteiger partial charge in [0, 0.05) is 28.0 Å². The van der Waals surface area contributed by atoms with Crippen LogP contribution in [0.4, 0.5) is 0 Å². The molecule has 1 aromatic carbocycles. The summed E-state index contributed by atoms with van der Waals surface area (Å²) in [5.41, 5.74) is 2.44. The Hall–Kier alpha value is -2.47. The average Bonchev–Trinajstić information content (AvgIpc) is 3.25. The third-order valence-electron chi connectivity index (χ3n) is 4.49. The molecule has 0 saturated heterocycles. The van der Waals surface area contributed by atoms with Gasteiger partial charge in [0.25, 0.3) is 0 Å². The number of rotatable bonds is 7. The van der Waals surface area contributed by atoms with E-state index in [1.54, 1.807) is 24.5 Å². The molecule has 0 bridgehead atoms. The number of nitrogens with one attached hydrogen (secondary N) is 1. The number of nitrogens with zero attached hydrogens (tertiary/aromatic N) is 2. The van der Waals surface area contributed by atoms with Crippen LogP contribution in [-0.4, -0.2) is 21.2 Å². The summed E-state index contributed by atoms with van der Waals surface area (Å²) in [6.07, 6.45) is 3.34. The van der Waals surface area contributed by atoms with E-state index in [9.17, 15) is 9.59 Å². The van der Waals surface area contributed by atoms with Crippen LogP contribution in [-0.2, 0) is 17.8 Å². The summed E-state index contributed by atoms with van der Waals surface area (Å²) in [4.78, 5) is 29.3. The van der Waals surface area contributed by atoms with E-state index < -0.39 is 0 Å². The SMILES string of the molecule is CCc1nc(CNC(=O)[C@@H](CC)n2cc(C(C)=O)c3ccccc32)cs1. The number of carbonyl (C=O) groups excluding carboxylic acids is 2. The molecule has 0 aliphatic heterocycles. The van der Waals surface area contributed by atoms with Crippen LogP contribution in [0.2, 0.25) is 0 Å². The van der Waals surface area contributed by atoms with Gasteiger partial charge in [0.2, 0.25) is 5.91 Å². The highest BCUT2D eigenvalue weighted by Crippen LogP contribution is 2.27. The standard InChI is InChI=1S/C20H23N3O2S/c1-4-17(20(25)21-10-14-12-26-19(5-2)22-14)23-11-16(13(3)24)15-8-6-7-9-18(15)23/h6-9,11-12,17H,4-5,10H2,1-3H3,(H,21,25)/t17-/m1/s1. The molecule has 3 aromatic rings. The highest BCUT2D eigenvalue weighted by molar-refractivity contribution is 7.09. The third-order valence-corrected chi connectivity index (χ3v) is 5.53. The molecule has 136 valence electrons. The summed E-state index contributed by atoms with van der Waals surface area (Å²) >= 11 is 1.62. The van der Waals surface area contributed by atoms with Crippen LogP contribution in [0.3, 0.4) is 0 Å². The number of aromatic nitrogens is 2. The van der Waals surface area contributed by atoms with Gasteiger partial charge < -0.3 is 9.88 Å². The van der Waals surface area contributed by atoms with Crippen molar-refractivity contribution in [3.05, 3.63) is 52.1 Å². The fourth-order valence-corrected chi connectivity index (χ4v) is 3.88. The molecule has 0 spiro atoms. The van der Waals surface area contributed by atoms with E-state index in [2.05, 4.69) is 17.2 Å². The summed E-state index contributed by atoms with van der Waals surface area (Å²) in [5.74, 6) is -0.0563. The molecular weight excluding hydrogens is 346 g/mol. The Morgan fingerprint density at radius 1 is 1.27 bits per heavy atom. The number of fused-ring (bicyclic) bond motifs is 1. The highest BCUT2D eigenvalue weighted by Gasteiger charge is 2.22. The van der Waals surface area contributed by atoms with Gasteiger partial charge in [-0.15, -0.1) is 11.3 Å². The van der Waals surface area contributed by atoms with Crippen LogP contribution in [0.5, 0.6) is 0 Å². The van der Waals surface area contributed by atoms with Gasteiger partial charge in [0.15, 0.2) is 5.78 Å². The molecule has 1 atom stereocenters. The van der Waals surface area contributed by atoms with E-state index in [1.165, 1.54) is 0 Å². The van der Waals surface area contributed by atoms with Crippen molar-refractivity contribution in [2.75, 3.05) is 0 Å². The first-order valence-electron chi connectivity index (χ1n) is 8.86. The minimum absolute atomic E-state index is 0.00443. The Morgan fingerprint density at radius 2 is 2.04 bits per heavy atom. The first kappa shape index (κ1) is 18.3. The van der Waals surface area contributed by atoms with Gasteiger partial charge in [-0.3, -0.25) is 9.59 Å². The molecule has 0 radical (unpaired) electrons. The minimum atomic E-state index is -0.364. The quantitative estimate of drug-likeness (QED) is 0.637. The van der Waals surface area contributed by atoms with Gasteiger partial charge in [-0.1, -0.05) is 32.0 Å². The molecule has 6 heteroatoms. The molecule has 2 heterocycles. The fraction of sp³-hybridized carbons (Fsp3) is 0.350. The lowest BCUT2D eigenvalue weighted by Gasteiger charge is -2.18. The van der Waals surface area contributed by atoms with Crippen LogP contribution < -0.4 is 5.32 Å². The predicted molar refractivity (Wildman–Crippen MR) is 105 cm³/mol. The van der Waals surface area contributed by atoms with E-state index in [1.807, 2.05) is 41.1 Å². The van der Waals surface area contributed by atoms with E-state index >= 15 is 0 Å². The first-order chi connectivity index (χ1) is 12.5. The molecule has 2 aromatic heterocycles. The number of para-hydroxylation sites is 1. The molecular formula is C20H23N3O2S. The summed E-state index contributed by atoms with van der Waals surface area (Å²) in [6, 6.07) is 7.35. The molecule has 0 unspecified atom stereocenters. The van der Waals surface area contributed by atoms with Crippen LogP contribution in [0.25, 0.3) is 10.9 Å². The number of thiazole rings is 1. The number of Topliss-reactive ketones (excluding diaryl/α,β-unsaturated/α-hetero) is 1. The number of carbonyl (C=O) groups is 2.